The van der Waals surface area contributed by atoms with Gasteiger partial charge in [-0.2, -0.15) is 0 Å². The molecule has 0 heterocycles. The van der Waals surface area contributed by atoms with Crippen LogP contribution >= 0.6 is 22.7 Å². The second-order valence-corrected chi connectivity index (χ2v) is 25.2. The summed E-state index contributed by atoms with van der Waals surface area (Å²) in [5.41, 5.74) is 0. The number of rotatable bonds is 28. The second kappa shape index (κ2) is 21.0. The first-order chi connectivity index (χ1) is 17.8. The molecular formula is C32H73O2P3. The zero-order chi connectivity index (χ0) is 28.0. The molecule has 37 heavy (non-hydrogen) atoms. The van der Waals surface area contributed by atoms with Gasteiger partial charge in [0, 0.05) is 0 Å². The first kappa shape index (κ1) is 38.2. The molecule has 0 aliphatic heterocycles. The molecule has 0 saturated heterocycles. The van der Waals surface area contributed by atoms with Crippen molar-refractivity contribution >= 4 is 22.7 Å². The van der Waals surface area contributed by atoms with E-state index in [1.54, 1.807) is 0 Å². The molecule has 0 saturated carbocycles. The molecule has 2 nitrogen and oxygen atoms in total. The minimum atomic E-state index is -2.28. The van der Waals surface area contributed by atoms with E-state index in [1.165, 1.54) is 152 Å². The fourth-order valence-electron chi connectivity index (χ4n) is 6.40. The van der Waals surface area contributed by atoms with Gasteiger partial charge in [-0.15, -0.1) is 0 Å². The van der Waals surface area contributed by atoms with Crippen LogP contribution in [0, 0.1) is 0 Å². The summed E-state index contributed by atoms with van der Waals surface area (Å²) in [4.78, 5) is 0. The molecule has 0 N–H and O–H groups in total. The zero-order valence-corrected chi connectivity index (χ0v) is 30.0. The van der Waals surface area contributed by atoms with Gasteiger partial charge in [-0.3, -0.25) is 0 Å². The fraction of sp³-hybridized carbons (Fsp3) is 1.00. The Kier molecular flexibility index (Phi) is 21.7. The Morgan fingerprint density at radius 1 is 0.324 bits per heavy atom. The van der Waals surface area contributed by atoms with Crippen LogP contribution in [-0.2, 0) is 8.62 Å². The van der Waals surface area contributed by atoms with Crippen molar-refractivity contribution in [1.29, 1.82) is 0 Å². The fourth-order valence-corrected chi connectivity index (χ4v) is 23.1. The van der Waals surface area contributed by atoms with Gasteiger partial charge in [0.15, 0.2) is 0 Å². The topological polar surface area (TPSA) is 18.5 Å². The third kappa shape index (κ3) is 13.2. The van der Waals surface area contributed by atoms with Crippen LogP contribution in [0.2, 0.25) is 0 Å². The molecule has 0 aromatic heterocycles. The molecule has 5 heteroatoms. The van der Waals surface area contributed by atoms with E-state index < -0.39 is 13.7 Å². The van der Waals surface area contributed by atoms with E-state index in [1.807, 2.05) is 0 Å². The molecule has 228 valence electrons. The first-order valence-electron chi connectivity index (χ1n) is 17.0. The van der Waals surface area contributed by atoms with Gasteiger partial charge in [-0.1, -0.05) is 0 Å². The molecule has 0 unspecified atom stereocenters. The predicted octanol–water partition coefficient (Wildman–Crippen LogP) is 12.9. The van der Waals surface area contributed by atoms with Crippen molar-refractivity contribution in [3.05, 3.63) is 0 Å². The number of hydrogen-bond acceptors (Lipinski definition) is 2. The molecule has 0 aromatic rings. The van der Waals surface area contributed by atoms with E-state index >= 15 is 0 Å². The third-order valence-corrected chi connectivity index (χ3v) is 25.5. The maximum atomic E-state index is 7.59. The van der Waals surface area contributed by atoms with Crippen LogP contribution in [0.5, 0.6) is 0 Å². The van der Waals surface area contributed by atoms with Crippen LogP contribution in [0.3, 0.4) is 0 Å². The van der Waals surface area contributed by atoms with Crippen molar-refractivity contribution in [3.63, 3.8) is 0 Å². The normalized spacial score (nSPS) is 15.1. The monoisotopic (exact) mass is 582 g/mol. The SMILES string of the molecule is CCCCP(CCCC)(CCCC)(CCCC)OPOP(CCCC)(CCCC)(CCCC)CCCC. The molecule has 0 spiro atoms. The van der Waals surface area contributed by atoms with Crippen molar-refractivity contribution < 1.29 is 8.62 Å². The maximum absolute atomic E-state index is 7.59. The Labute approximate surface area is 238 Å². The van der Waals surface area contributed by atoms with Crippen LogP contribution < -0.4 is 0 Å². The van der Waals surface area contributed by atoms with Gasteiger partial charge in [-0.25, -0.2) is 0 Å². The van der Waals surface area contributed by atoms with E-state index in [-0.39, 0.29) is 9.03 Å². The molecule has 0 aromatic carbocycles. The average Bonchev–Trinajstić information content (AvgIpc) is 2.93. The summed E-state index contributed by atoms with van der Waals surface area (Å²) in [6, 6.07) is 0. The summed E-state index contributed by atoms with van der Waals surface area (Å²) in [7, 11) is 0.283. The van der Waals surface area contributed by atoms with Crippen LogP contribution in [0.4, 0.5) is 0 Å². The Hall–Kier alpha value is 1.21. The standard InChI is InChI=1S/C32H73O2P3/c1-9-17-25-36(26-18-10-2,27-19-11-3,28-20-12-4)33-35-34-37(29-21-13-5,30-22-14-6,31-23-15-7)32-24-16-8/h35H,9-32H2,1-8H3. The molecule has 0 aliphatic carbocycles. The summed E-state index contributed by atoms with van der Waals surface area (Å²) in [5.74, 6) is 0. The summed E-state index contributed by atoms with van der Waals surface area (Å²) in [6.07, 6.45) is 31.8. The van der Waals surface area contributed by atoms with Crippen molar-refractivity contribution in [2.75, 3.05) is 49.3 Å². The Balaban J connectivity index is 6.47. The average molecular weight is 583 g/mol. The van der Waals surface area contributed by atoms with Gasteiger partial charge in [0.25, 0.3) is 0 Å². The van der Waals surface area contributed by atoms with Gasteiger partial charge < -0.3 is 0 Å². The summed E-state index contributed by atoms with van der Waals surface area (Å²) in [6.45, 7) is 14.4. The van der Waals surface area contributed by atoms with Crippen molar-refractivity contribution in [1.82, 2.24) is 0 Å². The van der Waals surface area contributed by atoms with Gasteiger partial charge in [0.2, 0.25) is 0 Å². The molecule has 0 aliphatic rings. The van der Waals surface area contributed by atoms with Crippen LogP contribution in [0.25, 0.3) is 0 Å². The van der Waals surface area contributed by atoms with E-state index in [2.05, 4.69) is 55.4 Å². The Morgan fingerprint density at radius 3 is 0.622 bits per heavy atom. The Bertz CT molecular complexity index is 407. The first-order valence-corrected chi connectivity index (χ1v) is 23.6. The molecule has 0 amide bonds. The molecule has 0 bridgehead atoms. The van der Waals surface area contributed by atoms with Crippen molar-refractivity contribution in [2.45, 2.75) is 158 Å². The van der Waals surface area contributed by atoms with E-state index in [9.17, 15) is 0 Å². The van der Waals surface area contributed by atoms with E-state index in [4.69, 9.17) is 8.62 Å². The van der Waals surface area contributed by atoms with Gasteiger partial charge >= 0.3 is 239 Å². The Morgan fingerprint density at radius 2 is 0.486 bits per heavy atom. The quantitative estimate of drug-likeness (QED) is 0.0854. The summed E-state index contributed by atoms with van der Waals surface area (Å²) >= 11 is 0. The third-order valence-electron chi connectivity index (χ3n) is 9.21. The second-order valence-electron chi connectivity index (χ2n) is 12.6. The van der Waals surface area contributed by atoms with Crippen molar-refractivity contribution in [3.8, 4) is 0 Å². The van der Waals surface area contributed by atoms with Crippen molar-refractivity contribution in [2.24, 2.45) is 0 Å². The minimum absolute atomic E-state index is 0.283. The molecular weight excluding hydrogens is 509 g/mol. The molecule has 0 atom stereocenters. The van der Waals surface area contributed by atoms with Crippen LogP contribution in [0.15, 0.2) is 0 Å². The van der Waals surface area contributed by atoms with Gasteiger partial charge in [0.1, 0.15) is 0 Å². The van der Waals surface area contributed by atoms with Crippen LogP contribution in [0.1, 0.15) is 158 Å². The molecule has 0 fully saturated rings. The van der Waals surface area contributed by atoms with E-state index in [0.29, 0.717) is 0 Å². The summed E-state index contributed by atoms with van der Waals surface area (Å²) in [5, 5.41) is 0. The predicted molar refractivity (Wildman–Crippen MR) is 183 cm³/mol. The number of unbranched alkanes of at least 4 members (excludes halogenated alkanes) is 8. The summed E-state index contributed by atoms with van der Waals surface area (Å²) < 4.78 is 15.2. The van der Waals surface area contributed by atoms with E-state index in [0.717, 1.165) is 0 Å². The zero-order valence-electron chi connectivity index (χ0n) is 27.2. The van der Waals surface area contributed by atoms with Gasteiger partial charge in [0.05, 0.1) is 0 Å². The van der Waals surface area contributed by atoms with Crippen LogP contribution in [-0.4, -0.2) is 49.3 Å². The molecule has 0 rings (SSSR count). The number of hydrogen-bond donors (Lipinski definition) is 0. The molecule has 0 radical (unpaired) electrons. The van der Waals surface area contributed by atoms with Gasteiger partial charge in [-0.05, 0) is 0 Å².